The van der Waals surface area contributed by atoms with Crippen molar-refractivity contribution in [2.45, 2.75) is 31.7 Å². The number of hydrogen-bond donors (Lipinski definition) is 1. The molecule has 1 atom stereocenters. The number of carbonyl (C=O) groups excluding carboxylic acids is 2. The van der Waals surface area contributed by atoms with Crippen molar-refractivity contribution < 1.29 is 14.3 Å². The first kappa shape index (κ1) is 20.8. The van der Waals surface area contributed by atoms with E-state index in [1.54, 1.807) is 19.2 Å². The molecule has 1 aliphatic rings. The Bertz CT molecular complexity index is 817. The lowest BCUT2D eigenvalue weighted by atomic mass is 10.0. The summed E-state index contributed by atoms with van der Waals surface area (Å²) in [7, 11) is 1.66. The van der Waals surface area contributed by atoms with Gasteiger partial charge in [0.05, 0.1) is 22.4 Å². The van der Waals surface area contributed by atoms with Gasteiger partial charge in [-0.25, -0.2) is 0 Å². The summed E-state index contributed by atoms with van der Waals surface area (Å²) in [6, 6.07) is 11.5. The number of amides is 1. The molecule has 0 bridgehead atoms. The molecule has 7 heteroatoms. The summed E-state index contributed by atoms with van der Waals surface area (Å²) in [6.45, 7) is 2.57. The first-order chi connectivity index (χ1) is 13.6. The van der Waals surface area contributed by atoms with Gasteiger partial charge in [0.2, 0.25) is 5.91 Å². The van der Waals surface area contributed by atoms with Gasteiger partial charge in [-0.3, -0.25) is 14.5 Å². The lowest BCUT2D eigenvalue weighted by Crippen LogP contribution is -2.36. The maximum absolute atomic E-state index is 12.3. The third kappa shape index (κ3) is 5.56. The van der Waals surface area contributed by atoms with Crippen molar-refractivity contribution in [3.63, 3.8) is 0 Å². The van der Waals surface area contributed by atoms with Crippen LogP contribution in [-0.4, -0.2) is 43.3 Å². The van der Waals surface area contributed by atoms with Gasteiger partial charge in [0.25, 0.3) is 0 Å². The minimum atomic E-state index is -0.108. The molecule has 0 spiro atoms. The summed E-state index contributed by atoms with van der Waals surface area (Å²) in [5, 5.41) is 3.01. The third-order valence-electron chi connectivity index (χ3n) is 4.98. The second kappa shape index (κ2) is 10.0. The molecule has 1 unspecified atom stereocenters. The largest absolute Gasteiger partial charge is 0.497 e. The topological polar surface area (TPSA) is 58.6 Å². The first-order valence-electron chi connectivity index (χ1n) is 9.50. The summed E-state index contributed by atoms with van der Waals surface area (Å²) in [4.78, 5) is 27.5. The standard InChI is InChI=1S/C21H25ClN2O3S/c1-27-16-6-4-5-15(13-16)17(24-11-2-3-12-24)14-23-21(26)10-7-18(25)19-8-9-20(22)28-19/h4-6,8-9,13,17H,2-3,7,10-12,14H2,1H3,(H,23,26). The molecule has 3 rings (SSSR count). The molecule has 2 aromatic rings. The van der Waals surface area contributed by atoms with Crippen molar-refractivity contribution >= 4 is 34.6 Å². The zero-order valence-electron chi connectivity index (χ0n) is 15.9. The number of carbonyl (C=O) groups is 2. The quantitative estimate of drug-likeness (QED) is 0.613. The number of nitrogens with one attached hydrogen (secondary N) is 1. The lowest BCUT2D eigenvalue weighted by molar-refractivity contribution is -0.121. The van der Waals surface area contributed by atoms with Crippen LogP contribution in [0.4, 0.5) is 0 Å². The minimum absolute atomic E-state index is 0.0454. The van der Waals surface area contributed by atoms with Crippen molar-refractivity contribution in [2.75, 3.05) is 26.7 Å². The number of halogens is 1. The number of hydrogen-bond acceptors (Lipinski definition) is 5. The Kier molecular flexibility index (Phi) is 7.48. The number of ketones is 1. The molecular formula is C21H25ClN2O3S. The van der Waals surface area contributed by atoms with E-state index in [4.69, 9.17) is 16.3 Å². The van der Waals surface area contributed by atoms with Crippen molar-refractivity contribution in [1.82, 2.24) is 10.2 Å². The number of likely N-dealkylation sites (tertiary alicyclic amines) is 1. The molecule has 5 nitrogen and oxygen atoms in total. The van der Waals surface area contributed by atoms with Crippen LogP contribution in [0.1, 0.15) is 47.0 Å². The van der Waals surface area contributed by atoms with Gasteiger partial charge in [-0.15, -0.1) is 11.3 Å². The molecule has 1 aromatic carbocycles. The molecule has 0 radical (unpaired) electrons. The van der Waals surface area contributed by atoms with Crippen molar-refractivity contribution in [2.24, 2.45) is 0 Å². The smallest absolute Gasteiger partial charge is 0.220 e. The minimum Gasteiger partial charge on any atom is -0.497 e. The van der Waals surface area contributed by atoms with Crippen LogP contribution >= 0.6 is 22.9 Å². The number of thiophene rings is 1. The van der Waals surface area contributed by atoms with Gasteiger partial charge in [0.15, 0.2) is 5.78 Å². The Labute approximate surface area is 174 Å². The molecule has 0 aliphatic carbocycles. The van der Waals surface area contributed by atoms with Gasteiger partial charge in [-0.2, -0.15) is 0 Å². The molecule has 1 fully saturated rings. The molecule has 150 valence electrons. The molecule has 1 amide bonds. The van der Waals surface area contributed by atoms with Crippen LogP contribution in [-0.2, 0) is 4.79 Å². The van der Waals surface area contributed by atoms with Crippen LogP contribution in [0, 0.1) is 0 Å². The average Bonchev–Trinajstić information content (AvgIpc) is 3.38. The average molecular weight is 421 g/mol. The lowest BCUT2D eigenvalue weighted by Gasteiger charge is -2.28. The van der Waals surface area contributed by atoms with E-state index >= 15 is 0 Å². The van der Waals surface area contributed by atoms with E-state index in [2.05, 4.69) is 16.3 Å². The molecule has 1 aromatic heterocycles. The zero-order valence-corrected chi connectivity index (χ0v) is 17.5. The maximum atomic E-state index is 12.3. The van der Waals surface area contributed by atoms with Crippen molar-refractivity contribution in [3.05, 3.63) is 51.2 Å². The molecule has 1 saturated heterocycles. The van der Waals surface area contributed by atoms with E-state index in [0.29, 0.717) is 15.8 Å². The van der Waals surface area contributed by atoms with Crippen molar-refractivity contribution in [3.8, 4) is 5.75 Å². The Morgan fingerprint density at radius 2 is 2.00 bits per heavy atom. The van der Waals surface area contributed by atoms with Gasteiger partial charge in [-0.1, -0.05) is 23.7 Å². The number of ether oxygens (including phenoxy) is 1. The predicted molar refractivity (Wildman–Crippen MR) is 112 cm³/mol. The number of Topliss-reactive ketones (excluding diaryl/α,β-unsaturated/α-hetero) is 1. The van der Waals surface area contributed by atoms with Gasteiger partial charge >= 0.3 is 0 Å². The van der Waals surface area contributed by atoms with Crippen molar-refractivity contribution in [1.29, 1.82) is 0 Å². The van der Waals surface area contributed by atoms with Crippen LogP contribution < -0.4 is 10.1 Å². The van der Waals surface area contributed by atoms with E-state index in [9.17, 15) is 9.59 Å². The summed E-state index contributed by atoms with van der Waals surface area (Å²) in [5.41, 5.74) is 1.13. The summed E-state index contributed by atoms with van der Waals surface area (Å²) in [5.74, 6) is 0.660. The molecule has 2 heterocycles. The van der Waals surface area contributed by atoms with E-state index in [1.807, 2.05) is 18.2 Å². The SMILES string of the molecule is COc1cccc(C(CNC(=O)CCC(=O)c2ccc(Cl)s2)N2CCCC2)c1. The number of methoxy groups -OCH3 is 1. The van der Waals surface area contributed by atoms with E-state index < -0.39 is 0 Å². The van der Waals surface area contributed by atoms with Gasteiger partial charge < -0.3 is 10.1 Å². The highest BCUT2D eigenvalue weighted by atomic mass is 35.5. The molecule has 28 heavy (non-hydrogen) atoms. The van der Waals surface area contributed by atoms with Gasteiger partial charge in [0, 0.05) is 19.4 Å². The van der Waals surface area contributed by atoms with E-state index in [1.165, 1.54) is 24.2 Å². The monoisotopic (exact) mass is 420 g/mol. The summed E-state index contributed by atoms with van der Waals surface area (Å²) in [6.07, 6.45) is 2.72. The maximum Gasteiger partial charge on any atom is 0.220 e. The van der Waals surface area contributed by atoms with Crippen LogP contribution in [0.15, 0.2) is 36.4 Å². The second-order valence-corrected chi connectivity index (χ2v) is 8.58. The van der Waals surface area contributed by atoms with Crippen LogP contribution in [0.2, 0.25) is 4.34 Å². The molecule has 0 saturated carbocycles. The van der Waals surface area contributed by atoms with Crippen LogP contribution in [0.25, 0.3) is 0 Å². The van der Waals surface area contributed by atoms with Gasteiger partial charge in [0.1, 0.15) is 5.75 Å². The fourth-order valence-electron chi connectivity index (χ4n) is 3.47. The highest BCUT2D eigenvalue weighted by Gasteiger charge is 2.24. The molecular weight excluding hydrogens is 396 g/mol. The van der Waals surface area contributed by atoms with Gasteiger partial charge in [-0.05, 0) is 55.8 Å². The Balaban J connectivity index is 1.56. The number of benzene rings is 1. The predicted octanol–water partition coefficient (Wildman–Crippen LogP) is 4.33. The normalized spacial score (nSPS) is 15.4. The van der Waals surface area contributed by atoms with E-state index in [0.717, 1.165) is 24.4 Å². The number of nitrogens with zero attached hydrogens (tertiary/aromatic N) is 1. The molecule has 1 N–H and O–H groups in total. The number of rotatable bonds is 9. The van der Waals surface area contributed by atoms with Crippen LogP contribution in [0.3, 0.4) is 0 Å². The Morgan fingerprint density at radius 1 is 1.21 bits per heavy atom. The first-order valence-corrected chi connectivity index (χ1v) is 10.7. The molecule has 1 aliphatic heterocycles. The Hall–Kier alpha value is -1.89. The summed E-state index contributed by atoms with van der Waals surface area (Å²) < 4.78 is 5.93. The fraction of sp³-hybridized carbons (Fsp3) is 0.429. The van der Waals surface area contributed by atoms with Crippen LogP contribution in [0.5, 0.6) is 5.75 Å². The second-order valence-electron chi connectivity index (χ2n) is 6.87. The third-order valence-corrected chi connectivity index (χ3v) is 6.25. The highest BCUT2D eigenvalue weighted by molar-refractivity contribution is 7.18. The zero-order chi connectivity index (χ0) is 19.9. The highest BCUT2D eigenvalue weighted by Crippen LogP contribution is 2.27. The Morgan fingerprint density at radius 3 is 2.68 bits per heavy atom. The summed E-state index contributed by atoms with van der Waals surface area (Å²) >= 11 is 7.12. The van der Waals surface area contributed by atoms with E-state index in [-0.39, 0.29) is 30.6 Å². The fourth-order valence-corrected chi connectivity index (χ4v) is 4.48.